The summed E-state index contributed by atoms with van der Waals surface area (Å²) >= 11 is 0. The van der Waals surface area contributed by atoms with Gasteiger partial charge in [-0.2, -0.15) is 0 Å². The highest BCUT2D eigenvalue weighted by Crippen LogP contribution is 2.62. The molecule has 0 radical (unpaired) electrons. The number of hydrogen-bond acceptors (Lipinski definition) is 2. The fourth-order valence-electron chi connectivity index (χ4n) is 2.42. The summed E-state index contributed by atoms with van der Waals surface area (Å²) in [5, 5.41) is 8.88. The van der Waals surface area contributed by atoms with Gasteiger partial charge in [-0.3, -0.25) is 4.79 Å². The van der Waals surface area contributed by atoms with Crippen LogP contribution in [0.25, 0.3) is 0 Å². The SMILES string of the molecule is CC1(C)[C@@H]2CC=C(CO)C(=O)[C@@H]21. The summed E-state index contributed by atoms with van der Waals surface area (Å²) in [5.74, 6) is 0.920. The molecule has 0 spiro atoms. The Hall–Kier alpha value is -0.630. The van der Waals surface area contributed by atoms with Crippen molar-refractivity contribution in [1.29, 1.82) is 0 Å². The van der Waals surface area contributed by atoms with Crippen molar-refractivity contribution in [2.75, 3.05) is 6.61 Å². The molecule has 66 valence electrons. The van der Waals surface area contributed by atoms with Crippen LogP contribution in [0.15, 0.2) is 11.6 Å². The van der Waals surface area contributed by atoms with E-state index in [0.29, 0.717) is 11.5 Å². The molecule has 0 aromatic rings. The lowest BCUT2D eigenvalue weighted by atomic mass is 9.99. The summed E-state index contributed by atoms with van der Waals surface area (Å²) in [7, 11) is 0. The minimum Gasteiger partial charge on any atom is -0.392 e. The first-order valence-electron chi connectivity index (χ1n) is 4.43. The van der Waals surface area contributed by atoms with Crippen LogP contribution in [-0.2, 0) is 4.79 Å². The molecule has 12 heavy (non-hydrogen) atoms. The van der Waals surface area contributed by atoms with Gasteiger partial charge >= 0.3 is 0 Å². The molecule has 0 amide bonds. The second kappa shape index (κ2) is 2.19. The van der Waals surface area contributed by atoms with Crippen molar-refractivity contribution in [3.05, 3.63) is 11.6 Å². The maximum atomic E-state index is 11.6. The molecule has 0 heterocycles. The minimum absolute atomic E-state index is 0.0852. The second-order valence-corrected chi connectivity index (χ2v) is 4.39. The van der Waals surface area contributed by atoms with Gasteiger partial charge in [0.2, 0.25) is 0 Å². The predicted octanol–water partition coefficient (Wildman–Crippen LogP) is 1.15. The Kier molecular flexibility index (Phi) is 1.46. The Morgan fingerprint density at radius 2 is 2.33 bits per heavy atom. The van der Waals surface area contributed by atoms with E-state index in [2.05, 4.69) is 13.8 Å². The van der Waals surface area contributed by atoms with E-state index in [0.717, 1.165) is 6.42 Å². The first-order valence-corrected chi connectivity index (χ1v) is 4.43. The molecule has 2 atom stereocenters. The maximum absolute atomic E-state index is 11.6. The molecule has 1 saturated carbocycles. The van der Waals surface area contributed by atoms with Crippen LogP contribution in [0.5, 0.6) is 0 Å². The van der Waals surface area contributed by atoms with E-state index in [4.69, 9.17) is 5.11 Å². The number of Topliss-reactive ketones (excluding diaryl/α,β-unsaturated/α-hetero) is 1. The van der Waals surface area contributed by atoms with Gasteiger partial charge in [0, 0.05) is 11.5 Å². The Morgan fingerprint density at radius 3 is 2.92 bits per heavy atom. The number of allylic oxidation sites excluding steroid dienone is 1. The number of carbonyl (C=O) groups excluding carboxylic acids is 1. The molecule has 2 heteroatoms. The predicted molar refractivity (Wildman–Crippen MR) is 45.6 cm³/mol. The fourth-order valence-corrected chi connectivity index (χ4v) is 2.42. The third-order valence-corrected chi connectivity index (χ3v) is 3.44. The van der Waals surface area contributed by atoms with Crippen molar-refractivity contribution in [2.24, 2.45) is 17.3 Å². The Labute approximate surface area is 72.3 Å². The van der Waals surface area contributed by atoms with Crippen molar-refractivity contribution < 1.29 is 9.90 Å². The molecule has 2 aliphatic carbocycles. The van der Waals surface area contributed by atoms with Crippen LogP contribution in [0.4, 0.5) is 0 Å². The largest absolute Gasteiger partial charge is 0.392 e. The molecule has 2 rings (SSSR count). The molecule has 1 N–H and O–H groups in total. The van der Waals surface area contributed by atoms with E-state index < -0.39 is 0 Å². The molecule has 0 saturated heterocycles. The van der Waals surface area contributed by atoms with Crippen LogP contribution >= 0.6 is 0 Å². The summed E-state index contributed by atoms with van der Waals surface area (Å²) in [5.41, 5.74) is 0.812. The number of fused-ring (bicyclic) bond motifs is 1. The molecule has 0 aromatic heterocycles. The second-order valence-electron chi connectivity index (χ2n) is 4.39. The number of ketones is 1. The van der Waals surface area contributed by atoms with E-state index in [1.54, 1.807) is 0 Å². The highest BCUT2D eigenvalue weighted by molar-refractivity contribution is 6.01. The standard InChI is InChI=1S/C10H14O2/c1-10(2)7-4-3-6(5-11)9(12)8(7)10/h3,7-8,11H,4-5H2,1-2H3/t7-,8-/m1/s1. The third kappa shape index (κ3) is 0.816. The molecule has 2 nitrogen and oxygen atoms in total. The molecule has 0 bridgehead atoms. The summed E-state index contributed by atoms with van der Waals surface area (Å²) < 4.78 is 0. The van der Waals surface area contributed by atoms with E-state index in [-0.39, 0.29) is 23.7 Å². The fraction of sp³-hybridized carbons (Fsp3) is 0.700. The van der Waals surface area contributed by atoms with E-state index in [1.807, 2.05) is 6.08 Å². The molecule has 0 aromatic carbocycles. The minimum atomic E-state index is -0.0852. The Bertz CT molecular complexity index is 263. The molecular weight excluding hydrogens is 152 g/mol. The Balaban J connectivity index is 2.23. The molecule has 2 aliphatic rings. The number of hydrogen-bond donors (Lipinski definition) is 1. The van der Waals surface area contributed by atoms with Crippen molar-refractivity contribution in [2.45, 2.75) is 20.3 Å². The van der Waals surface area contributed by atoms with Gasteiger partial charge in [-0.1, -0.05) is 19.9 Å². The van der Waals surface area contributed by atoms with E-state index in [9.17, 15) is 4.79 Å². The summed E-state index contributed by atoms with van der Waals surface area (Å²) in [6.45, 7) is 4.18. The van der Waals surface area contributed by atoms with Crippen molar-refractivity contribution in [3.8, 4) is 0 Å². The first kappa shape index (κ1) is 7.99. The topological polar surface area (TPSA) is 37.3 Å². The average Bonchev–Trinajstić information content (AvgIpc) is 2.56. The highest BCUT2D eigenvalue weighted by atomic mass is 16.3. The van der Waals surface area contributed by atoms with Crippen LogP contribution in [-0.4, -0.2) is 17.5 Å². The quantitative estimate of drug-likeness (QED) is 0.634. The lowest BCUT2D eigenvalue weighted by molar-refractivity contribution is -0.118. The van der Waals surface area contributed by atoms with Crippen LogP contribution in [0, 0.1) is 17.3 Å². The first-order chi connectivity index (χ1) is 5.59. The van der Waals surface area contributed by atoms with Gasteiger partial charge in [0.15, 0.2) is 5.78 Å². The average molecular weight is 166 g/mol. The van der Waals surface area contributed by atoms with Crippen LogP contribution in [0.2, 0.25) is 0 Å². The van der Waals surface area contributed by atoms with Gasteiger partial charge < -0.3 is 5.11 Å². The number of carbonyl (C=O) groups is 1. The molecular formula is C10H14O2. The third-order valence-electron chi connectivity index (χ3n) is 3.44. The summed E-state index contributed by atoms with van der Waals surface area (Å²) in [6, 6.07) is 0. The van der Waals surface area contributed by atoms with Crippen molar-refractivity contribution in [1.82, 2.24) is 0 Å². The zero-order valence-electron chi connectivity index (χ0n) is 7.50. The van der Waals surface area contributed by atoms with E-state index in [1.165, 1.54) is 0 Å². The van der Waals surface area contributed by atoms with Crippen LogP contribution < -0.4 is 0 Å². The number of rotatable bonds is 1. The van der Waals surface area contributed by atoms with E-state index >= 15 is 0 Å². The Morgan fingerprint density at radius 1 is 1.67 bits per heavy atom. The molecule has 1 fully saturated rings. The van der Waals surface area contributed by atoms with Gasteiger partial charge in [0.1, 0.15) is 0 Å². The zero-order chi connectivity index (χ0) is 8.93. The number of aliphatic hydroxyl groups excluding tert-OH is 1. The number of aliphatic hydroxyl groups is 1. The smallest absolute Gasteiger partial charge is 0.164 e. The lowest BCUT2D eigenvalue weighted by Crippen LogP contribution is -2.14. The highest BCUT2D eigenvalue weighted by Gasteiger charge is 2.62. The monoisotopic (exact) mass is 166 g/mol. The van der Waals surface area contributed by atoms with Gasteiger partial charge in [-0.15, -0.1) is 0 Å². The normalized spacial score (nSPS) is 37.2. The van der Waals surface area contributed by atoms with Gasteiger partial charge in [0.05, 0.1) is 6.61 Å². The van der Waals surface area contributed by atoms with Crippen LogP contribution in [0.1, 0.15) is 20.3 Å². The summed E-state index contributed by atoms with van der Waals surface area (Å²) in [4.78, 5) is 11.6. The zero-order valence-corrected chi connectivity index (χ0v) is 7.50. The maximum Gasteiger partial charge on any atom is 0.164 e. The molecule has 0 aliphatic heterocycles. The van der Waals surface area contributed by atoms with Crippen molar-refractivity contribution >= 4 is 5.78 Å². The van der Waals surface area contributed by atoms with Crippen molar-refractivity contribution in [3.63, 3.8) is 0 Å². The molecule has 0 unspecified atom stereocenters. The summed E-state index contributed by atoms with van der Waals surface area (Å²) in [6.07, 6.45) is 2.87. The van der Waals surface area contributed by atoms with Gasteiger partial charge in [-0.25, -0.2) is 0 Å². The van der Waals surface area contributed by atoms with Gasteiger partial charge in [0.25, 0.3) is 0 Å². The van der Waals surface area contributed by atoms with Crippen LogP contribution in [0.3, 0.4) is 0 Å². The van der Waals surface area contributed by atoms with Gasteiger partial charge in [-0.05, 0) is 17.8 Å². The lowest BCUT2D eigenvalue weighted by Gasteiger charge is -2.06.